The van der Waals surface area contributed by atoms with E-state index in [0.29, 0.717) is 0 Å². The molecule has 1 rings (SSSR count). The summed E-state index contributed by atoms with van der Waals surface area (Å²) in [4.78, 5) is 0. The molecule has 0 aliphatic carbocycles. The maximum absolute atomic E-state index is 13.2. The van der Waals surface area contributed by atoms with Crippen LogP contribution in [0, 0.1) is 17.5 Å². The minimum absolute atomic E-state index is 1.11. The van der Waals surface area contributed by atoms with Gasteiger partial charge in [-0.25, -0.2) is 13.2 Å². The van der Waals surface area contributed by atoms with E-state index >= 15 is 0 Å². The van der Waals surface area contributed by atoms with Crippen LogP contribution in [0.25, 0.3) is 0 Å². The Morgan fingerprint density at radius 1 is 0.800 bits per heavy atom. The Morgan fingerprint density at radius 2 is 1.20 bits per heavy atom. The summed E-state index contributed by atoms with van der Waals surface area (Å²) < 4.78 is 52.1. The molecule has 1 aromatic rings. The monoisotopic (exact) mass is 316 g/mol. The third-order valence-electron chi connectivity index (χ3n) is 1.49. The van der Waals surface area contributed by atoms with Crippen molar-refractivity contribution in [1.29, 1.82) is 0 Å². The Balaban J connectivity index is 3.68. The lowest BCUT2D eigenvalue weighted by Gasteiger charge is -2.12. The van der Waals surface area contributed by atoms with Gasteiger partial charge in [-0.1, -0.05) is 23.2 Å². The van der Waals surface area contributed by atoms with Crippen molar-refractivity contribution in [3.05, 3.63) is 27.5 Å². The van der Waals surface area contributed by atoms with Gasteiger partial charge in [0.25, 0.3) is 0 Å². The van der Waals surface area contributed by atoms with E-state index in [1.54, 1.807) is 0 Å². The van der Waals surface area contributed by atoms with Gasteiger partial charge in [0.05, 0.1) is 10.2 Å². The van der Waals surface area contributed by atoms with E-state index in [2.05, 4.69) is 0 Å². The minimum atomic E-state index is -4.76. The van der Waals surface area contributed by atoms with Gasteiger partial charge in [0, 0.05) is 0 Å². The fourth-order valence-electron chi connectivity index (χ4n) is 0.854. The summed E-state index contributed by atoms with van der Waals surface area (Å²) in [5.41, 5.74) is 0. The quantitative estimate of drug-likeness (QED) is 0.241. The number of hydrogen-bond donors (Lipinski definition) is 0. The molecule has 84 valence electrons. The molecule has 9 heteroatoms. The second-order valence-corrected chi connectivity index (χ2v) is 8.40. The molecule has 0 radical (unpaired) electrons. The predicted octanol–water partition coefficient (Wildman–Crippen LogP) is 4.00. The molecule has 0 fully saturated rings. The Labute approximate surface area is 102 Å². The molecule has 1 aromatic carbocycles. The number of rotatable bonds is 1. The molecular weight excluding hydrogens is 318 g/mol. The van der Waals surface area contributed by atoms with Crippen LogP contribution in [-0.2, 0) is 0 Å². The lowest BCUT2D eigenvalue weighted by molar-refractivity contribution is 0.498. The van der Waals surface area contributed by atoms with Gasteiger partial charge in [0.2, 0.25) is 0 Å². The summed E-state index contributed by atoms with van der Waals surface area (Å²) in [6.07, 6.45) is 0. The summed E-state index contributed by atoms with van der Waals surface area (Å²) in [6, 6.07) is 0. The van der Waals surface area contributed by atoms with E-state index in [-0.39, 0.29) is 0 Å². The largest absolute Gasteiger partial charge is 0.469 e. The molecule has 0 saturated carbocycles. The van der Waals surface area contributed by atoms with Crippen molar-refractivity contribution in [3.8, 4) is 0 Å². The number of benzene rings is 1. The smallest absolute Gasteiger partial charge is 0.266 e. The van der Waals surface area contributed by atoms with Crippen molar-refractivity contribution in [2.24, 2.45) is 0 Å². The first kappa shape index (κ1) is 13.4. The average molecular weight is 318 g/mol. The first-order chi connectivity index (χ1) is 6.68. The Morgan fingerprint density at radius 3 is 1.60 bits per heavy atom. The maximum Gasteiger partial charge on any atom is 0.469 e. The van der Waals surface area contributed by atoms with Crippen molar-refractivity contribution in [2.75, 3.05) is 0 Å². The molecule has 0 nitrogen and oxygen atoms in total. The second kappa shape index (κ2) is 4.29. The highest BCUT2D eigenvalue weighted by Gasteiger charge is 2.41. The van der Waals surface area contributed by atoms with Gasteiger partial charge in [-0.3, -0.25) is 4.11 Å². The highest BCUT2D eigenvalue weighted by molar-refractivity contribution is 7.48. The van der Waals surface area contributed by atoms with E-state index in [1.807, 2.05) is 0 Å². The summed E-state index contributed by atoms with van der Waals surface area (Å²) in [5, 5.41) is -3.48. The fourth-order valence-corrected chi connectivity index (χ4v) is 3.75. The van der Waals surface area contributed by atoms with Crippen LogP contribution in [0.2, 0.25) is 10.0 Å². The molecule has 0 aliphatic heterocycles. The first-order valence-electron chi connectivity index (χ1n) is 3.26. The van der Waals surface area contributed by atoms with Gasteiger partial charge in [-0.15, -0.1) is 22.2 Å². The van der Waals surface area contributed by atoms with Crippen molar-refractivity contribution >= 4 is 57.6 Å². The molecule has 0 saturated heterocycles. The van der Waals surface area contributed by atoms with Gasteiger partial charge in [-0.05, 0) is 0 Å². The summed E-state index contributed by atoms with van der Waals surface area (Å²) in [6.45, 7) is 0. The molecule has 0 aromatic heterocycles. The maximum atomic E-state index is 13.2. The molecule has 0 unspecified atom stereocenters. The Kier molecular flexibility index (Phi) is 3.83. The van der Waals surface area contributed by atoms with Crippen LogP contribution in [0.4, 0.5) is 17.3 Å². The minimum Gasteiger partial charge on any atom is -0.266 e. The highest BCUT2D eigenvalue weighted by atomic mass is 35.7. The Bertz CT molecular complexity index is 388. The van der Waals surface area contributed by atoms with Crippen molar-refractivity contribution in [1.82, 2.24) is 0 Å². The fraction of sp³-hybridized carbons (Fsp3) is 0. The summed E-state index contributed by atoms with van der Waals surface area (Å²) in [7, 11) is -4.76. The van der Waals surface area contributed by atoms with Gasteiger partial charge >= 0.3 is 7.03 Å². The number of hydrogen-bond acceptors (Lipinski definition) is 0. The highest BCUT2D eigenvalue weighted by Crippen LogP contribution is 2.31. The molecule has 0 bridgehead atoms. The number of halogens is 8. The standard InChI is InChI=1S/C6Cl4F4Si/c7-1-3(11)4(12)2(8)6(5(1)13)15(9,10)14. The van der Waals surface area contributed by atoms with Crippen LogP contribution < -0.4 is 5.19 Å². The second-order valence-electron chi connectivity index (χ2n) is 2.44. The third-order valence-corrected chi connectivity index (χ3v) is 4.51. The lowest BCUT2D eigenvalue weighted by atomic mass is 10.3. The van der Waals surface area contributed by atoms with Crippen LogP contribution in [0.15, 0.2) is 0 Å². The lowest BCUT2D eigenvalue weighted by Crippen LogP contribution is -2.36. The van der Waals surface area contributed by atoms with E-state index in [0.717, 1.165) is 0 Å². The van der Waals surface area contributed by atoms with Crippen LogP contribution in [0.1, 0.15) is 0 Å². The molecular formula is C6Cl4F4Si. The van der Waals surface area contributed by atoms with Gasteiger partial charge in [-0.2, -0.15) is 0 Å². The molecule has 0 amide bonds. The first-order valence-corrected chi connectivity index (χ1v) is 7.92. The van der Waals surface area contributed by atoms with E-state index in [1.165, 1.54) is 0 Å². The van der Waals surface area contributed by atoms with Crippen molar-refractivity contribution < 1.29 is 17.3 Å². The van der Waals surface area contributed by atoms with Gasteiger partial charge < -0.3 is 0 Å². The van der Waals surface area contributed by atoms with Crippen molar-refractivity contribution in [2.45, 2.75) is 0 Å². The van der Waals surface area contributed by atoms with E-state index in [4.69, 9.17) is 45.4 Å². The Hall–Kier alpha value is 0.317. The van der Waals surface area contributed by atoms with Crippen LogP contribution in [-0.4, -0.2) is 7.03 Å². The molecule has 0 atom stereocenters. The third kappa shape index (κ3) is 2.36. The van der Waals surface area contributed by atoms with Crippen LogP contribution in [0.3, 0.4) is 0 Å². The molecule has 15 heavy (non-hydrogen) atoms. The van der Waals surface area contributed by atoms with Crippen LogP contribution >= 0.6 is 45.4 Å². The normalized spacial score (nSPS) is 12.0. The average Bonchev–Trinajstić information content (AvgIpc) is 2.09. The molecule has 0 aliphatic rings. The topological polar surface area (TPSA) is 0 Å². The van der Waals surface area contributed by atoms with Crippen LogP contribution in [0.5, 0.6) is 0 Å². The predicted molar refractivity (Wildman–Crippen MR) is 54.5 cm³/mol. The zero-order chi connectivity index (χ0) is 12.0. The molecule has 0 heterocycles. The molecule has 0 N–H and O–H groups in total. The van der Waals surface area contributed by atoms with Gasteiger partial charge in [0.15, 0.2) is 17.5 Å². The zero-order valence-electron chi connectivity index (χ0n) is 6.52. The van der Waals surface area contributed by atoms with E-state index < -0.39 is 39.7 Å². The SMILES string of the molecule is Fc1c(F)c(Cl)c([Si](F)(Cl)Cl)c(F)c1Cl. The summed E-state index contributed by atoms with van der Waals surface area (Å²) in [5.74, 6) is -4.98. The van der Waals surface area contributed by atoms with E-state index in [9.17, 15) is 17.3 Å². The zero-order valence-corrected chi connectivity index (χ0v) is 10.5. The van der Waals surface area contributed by atoms with Crippen molar-refractivity contribution in [3.63, 3.8) is 0 Å². The summed E-state index contributed by atoms with van der Waals surface area (Å²) >= 11 is 20.3. The van der Waals surface area contributed by atoms with Gasteiger partial charge in [0.1, 0.15) is 5.02 Å². The molecule has 0 spiro atoms.